The first-order chi connectivity index (χ1) is 6.81. The highest BCUT2D eigenvalue weighted by Crippen LogP contribution is 2.45. The maximum atomic E-state index is 5.28. The van der Waals surface area contributed by atoms with Crippen LogP contribution in [0.2, 0.25) is 0 Å². The molecular weight excluding hydrogens is 182 g/mol. The van der Waals surface area contributed by atoms with Crippen LogP contribution in [0, 0.1) is 5.92 Å². The van der Waals surface area contributed by atoms with Crippen molar-refractivity contribution in [2.45, 2.75) is 25.9 Å². The van der Waals surface area contributed by atoms with Crippen molar-refractivity contribution < 1.29 is 9.26 Å². The van der Waals surface area contributed by atoms with E-state index in [2.05, 4.69) is 17.1 Å². The van der Waals surface area contributed by atoms with Crippen molar-refractivity contribution in [2.24, 2.45) is 11.7 Å². The third-order valence-electron chi connectivity index (χ3n) is 2.41. The van der Waals surface area contributed by atoms with Gasteiger partial charge in [-0.1, -0.05) is 12.1 Å². The van der Waals surface area contributed by atoms with Crippen LogP contribution in [0.1, 0.15) is 31.0 Å². The van der Waals surface area contributed by atoms with Crippen LogP contribution in [-0.4, -0.2) is 23.3 Å². The smallest absolute Gasteiger partial charge is 0.252 e. The number of ether oxygens (including phenoxy) is 1. The molecule has 0 saturated heterocycles. The lowest BCUT2D eigenvalue weighted by Crippen LogP contribution is -2.08. The Kier molecular flexibility index (Phi) is 2.79. The first-order valence-corrected chi connectivity index (χ1v) is 4.91. The number of rotatable bonds is 5. The van der Waals surface area contributed by atoms with Crippen LogP contribution in [-0.2, 0) is 11.3 Å². The van der Waals surface area contributed by atoms with E-state index in [1.54, 1.807) is 0 Å². The quantitative estimate of drug-likeness (QED) is 0.702. The number of nitrogens with two attached hydrogens (primary N) is 1. The molecule has 1 aromatic rings. The SMILES string of the molecule is CC1CC1c1noc(COCCN)n1. The van der Waals surface area contributed by atoms with E-state index in [0.29, 0.717) is 37.5 Å². The molecule has 5 heteroatoms. The monoisotopic (exact) mass is 197 g/mol. The molecule has 1 aliphatic rings. The summed E-state index contributed by atoms with van der Waals surface area (Å²) in [7, 11) is 0. The third-order valence-corrected chi connectivity index (χ3v) is 2.41. The van der Waals surface area contributed by atoms with Crippen LogP contribution in [0.25, 0.3) is 0 Å². The zero-order chi connectivity index (χ0) is 9.97. The summed E-state index contributed by atoms with van der Waals surface area (Å²) in [6.45, 7) is 3.59. The number of aromatic nitrogens is 2. The molecule has 0 spiro atoms. The lowest BCUT2D eigenvalue weighted by molar-refractivity contribution is 0.104. The second-order valence-corrected chi connectivity index (χ2v) is 3.71. The van der Waals surface area contributed by atoms with E-state index in [-0.39, 0.29) is 0 Å². The van der Waals surface area contributed by atoms with Crippen molar-refractivity contribution in [1.29, 1.82) is 0 Å². The summed E-state index contributed by atoms with van der Waals surface area (Å²) in [6, 6.07) is 0. The van der Waals surface area contributed by atoms with Gasteiger partial charge in [-0.25, -0.2) is 0 Å². The second-order valence-electron chi connectivity index (χ2n) is 3.71. The van der Waals surface area contributed by atoms with Gasteiger partial charge in [0.25, 0.3) is 5.89 Å². The van der Waals surface area contributed by atoms with Gasteiger partial charge in [-0.15, -0.1) is 0 Å². The van der Waals surface area contributed by atoms with Gasteiger partial charge in [0.2, 0.25) is 0 Å². The fourth-order valence-electron chi connectivity index (χ4n) is 1.40. The molecular formula is C9H15N3O2. The van der Waals surface area contributed by atoms with E-state index in [4.69, 9.17) is 15.0 Å². The number of hydrogen-bond acceptors (Lipinski definition) is 5. The van der Waals surface area contributed by atoms with Crippen LogP contribution < -0.4 is 5.73 Å². The second kappa shape index (κ2) is 4.06. The molecule has 0 radical (unpaired) electrons. The largest absolute Gasteiger partial charge is 0.370 e. The minimum absolute atomic E-state index is 0.366. The van der Waals surface area contributed by atoms with Crippen LogP contribution >= 0.6 is 0 Å². The van der Waals surface area contributed by atoms with Crippen LogP contribution in [0.15, 0.2) is 4.52 Å². The molecule has 2 rings (SSSR count). The molecule has 0 aliphatic heterocycles. The Hall–Kier alpha value is -0.940. The maximum Gasteiger partial charge on any atom is 0.252 e. The molecule has 1 aliphatic carbocycles. The van der Waals surface area contributed by atoms with E-state index >= 15 is 0 Å². The van der Waals surface area contributed by atoms with Gasteiger partial charge < -0.3 is 15.0 Å². The molecule has 2 unspecified atom stereocenters. The summed E-state index contributed by atoms with van der Waals surface area (Å²) >= 11 is 0. The van der Waals surface area contributed by atoms with Gasteiger partial charge in [0.05, 0.1) is 6.61 Å². The Balaban J connectivity index is 1.84. The predicted octanol–water partition coefficient (Wildman–Crippen LogP) is 0.668. The predicted molar refractivity (Wildman–Crippen MR) is 49.5 cm³/mol. The van der Waals surface area contributed by atoms with Crippen molar-refractivity contribution >= 4 is 0 Å². The van der Waals surface area contributed by atoms with Crippen molar-refractivity contribution in [3.8, 4) is 0 Å². The first kappa shape index (κ1) is 9.61. The van der Waals surface area contributed by atoms with Gasteiger partial charge in [0.1, 0.15) is 6.61 Å². The molecule has 0 bridgehead atoms. The molecule has 5 nitrogen and oxygen atoms in total. The lowest BCUT2D eigenvalue weighted by Gasteiger charge is -1.95. The summed E-state index contributed by atoms with van der Waals surface area (Å²) in [6.07, 6.45) is 1.17. The van der Waals surface area contributed by atoms with E-state index in [1.165, 1.54) is 6.42 Å². The Morgan fingerprint density at radius 1 is 1.64 bits per heavy atom. The van der Waals surface area contributed by atoms with E-state index in [9.17, 15) is 0 Å². The minimum atomic E-state index is 0.366. The van der Waals surface area contributed by atoms with Crippen molar-refractivity contribution in [3.63, 3.8) is 0 Å². The van der Waals surface area contributed by atoms with Crippen LogP contribution in [0.4, 0.5) is 0 Å². The first-order valence-electron chi connectivity index (χ1n) is 4.91. The van der Waals surface area contributed by atoms with Crippen molar-refractivity contribution in [3.05, 3.63) is 11.7 Å². The van der Waals surface area contributed by atoms with Gasteiger partial charge in [-0.3, -0.25) is 0 Å². The Bertz CT molecular complexity index is 300. The molecule has 2 N–H and O–H groups in total. The van der Waals surface area contributed by atoms with E-state index in [0.717, 1.165) is 5.82 Å². The molecule has 2 atom stereocenters. The normalized spacial score (nSPS) is 25.3. The Morgan fingerprint density at radius 2 is 2.43 bits per heavy atom. The molecule has 0 aromatic carbocycles. The number of nitrogens with zero attached hydrogens (tertiary/aromatic N) is 2. The summed E-state index contributed by atoms with van der Waals surface area (Å²) in [5.74, 6) is 2.57. The standard InChI is InChI=1S/C9H15N3O2/c1-6-4-7(6)9-11-8(14-12-9)5-13-3-2-10/h6-7H,2-5,10H2,1H3. The summed E-state index contributed by atoms with van der Waals surface area (Å²) < 4.78 is 10.2. The van der Waals surface area contributed by atoms with E-state index < -0.39 is 0 Å². The minimum Gasteiger partial charge on any atom is -0.370 e. The highest BCUT2D eigenvalue weighted by molar-refractivity contribution is 5.07. The van der Waals surface area contributed by atoms with E-state index in [1.807, 2.05) is 0 Å². The topological polar surface area (TPSA) is 74.2 Å². The van der Waals surface area contributed by atoms with Crippen molar-refractivity contribution in [2.75, 3.05) is 13.2 Å². The summed E-state index contributed by atoms with van der Waals surface area (Å²) in [4.78, 5) is 4.25. The molecule has 78 valence electrons. The highest BCUT2D eigenvalue weighted by Gasteiger charge is 2.37. The van der Waals surface area contributed by atoms with Gasteiger partial charge in [-0.05, 0) is 12.3 Å². The Morgan fingerprint density at radius 3 is 3.07 bits per heavy atom. The van der Waals surface area contributed by atoms with Crippen molar-refractivity contribution in [1.82, 2.24) is 10.1 Å². The van der Waals surface area contributed by atoms with Crippen LogP contribution in [0.5, 0.6) is 0 Å². The average Bonchev–Trinajstić information content (AvgIpc) is 2.74. The highest BCUT2D eigenvalue weighted by atomic mass is 16.5. The van der Waals surface area contributed by atoms with Gasteiger partial charge in [0, 0.05) is 12.5 Å². The fourth-order valence-corrected chi connectivity index (χ4v) is 1.40. The zero-order valence-corrected chi connectivity index (χ0v) is 8.27. The maximum absolute atomic E-state index is 5.28. The lowest BCUT2D eigenvalue weighted by atomic mass is 10.3. The van der Waals surface area contributed by atoms with Gasteiger partial charge in [0.15, 0.2) is 5.82 Å². The molecule has 1 saturated carbocycles. The third kappa shape index (κ3) is 2.10. The zero-order valence-electron chi connectivity index (χ0n) is 8.27. The molecule has 14 heavy (non-hydrogen) atoms. The molecule has 1 heterocycles. The van der Waals surface area contributed by atoms with Gasteiger partial charge in [-0.2, -0.15) is 4.98 Å². The van der Waals surface area contributed by atoms with Crippen LogP contribution in [0.3, 0.4) is 0 Å². The fraction of sp³-hybridized carbons (Fsp3) is 0.778. The molecule has 1 fully saturated rings. The van der Waals surface area contributed by atoms with Gasteiger partial charge >= 0.3 is 0 Å². The molecule has 0 amide bonds. The summed E-state index contributed by atoms with van der Waals surface area (Å²) in [5, 5.41) is 3.91. The average molecular weight is 197 g/mol. The summed E-state index contributed by atoms with van der Waals surface area (Å²) in [5.41, 5.74) is 5.28. The Labute approximate surface area is 82.6 Å². The molecule has 1 aromatic heterocycles. The number of hydrogen-bond donors (Lipinski definition) is 1.